The Balaban J connectivity index is 1.24. The Bertz CT molecular complexity index is 3170. The average Bonchev–Trinajstić information content (AvgIpc) is 3.80. The molecule has 0 saturated carbocycles. The molecule has 0 atom stereocenters. The molecule has 1 aliphatic rings. The van der Waals surface area contributed by atoms with Crippen LogP contribution in [0.5, 0.6) is 0 Å². The Morgan fingerprint density at radius 1 is 0.373 bits per heavy atom. The molecule has 2 nitrogen and oxygen atoms in total. The molecule has 0 radical (unpaired) electrons. The van der Waals surface area contributed by atoms with Crippen molar-refractivity contribution < 1.29 is 0 Å². The lowest BCUT2D eigenvalue weighted by Gasteiger charge is -2.43. The first-order valence-corrected chi connectivity index (χ1v) is 23.2. The summed E-state index contributed by atoms with van der Waals surface area (Å²) < 4.78 is 4.93. The summed E-state index contributed by atoms with van der Waals surface area (Å²) in [4.78, 5) is 0. The predicted octanol–water partition coefficient (Wildman–Crippen LogP) is 11.6. The molecular weight excluding hydrogens is 729 g/mol. The molecule has 11 rings (SSSR count). The quantitative estimate of drug-likeness (QED) is 0.118. The summed E-state index contributed by atoms with van der Waals surface area (Å²) in [6.07, 6.45) is 2.38. The van der Waals surface area contributed by atoms with E-state index in [9.17, 15) is 0 Å². The summed E-state index contributed by atoms with van der Waals surface area (Å²) in [5.74, 6) is 0. The first-order valence-electron chi connectivity index (χ1n) is 21.2. The van der Waals surface area contributed by atoms with Gasteiger partial charge in [-0.2, -0.15) is 0 Å². The van der Waals surface area contributed by atoms with Crippen LogP contribution in [0.3, 0.4) is 0 Å². The van der Waals surface area contributed by atoms with Crippen LogP contribution >= 0.6 is 0 Å². The molecule has 286 valence electrons. The van der Waals surface area contributed by atoms with Gasteiger partial charge in [0.2, 0.25) is 0 Å². The highest BCUT2D eigenvalue weighted by Crippen LogP contribution is 2.45. The molecule has 0 bridgehead atoms. The maximum Gasteiger partial charge on any atom is 0.180 e. The molecule has 0 N–H and O–H groups in total. The summed E-state index contributed by atoms with van der Waals surface area (Å²) in [6, 6.07) is 73.5. The highest BCUT2D eigenvalue weighted by molar-refractivity contribution is 7.20. The van der Waals surface area contributed by atoms with E-state index in [1.807, 2.05) is 0 Å². The largest absolute Gasteiger partial charge is 0.309 e. The van der Waals surface area contributed by atoms with Crippen LogP contribution in [-0.4, -0.2) is 17.2 Å². The van der Waals surface area contributed by atoms with Gasteiger partial charge in [-0.25, -0.2) is 0 Å². The van der Waals surface area contributed by atoms with Crippen molar-refractivity contribution in [2.24, 2.45) is 0 Å². The Labute approximate surface area is 348 Å². The van der Waals surface area contributed by atoms with Gasteiger partial charge in [-0.05, 0) is 104 Å². The molecule has 1 aliphatic carbocycles. The Kier molecular flexibility index (Phi) is 8.06. The van der Waals surface area contributed by atoms with Crippen LogP contribution in [0.25, 0.3) is 55.0 Å². The fraction of sp³-hybridized carbons (Fsp3) is 0.143. The summed E-state index contributed by atoms with van der Waals surface area (Å²) >= 11 is 0. The summed E-state index contributed by atoms with van der Waals surface area (Å²) in [7, 11) is -2.97. The second kappa shape index (κ2) is 13.3. The molecule has 3 heteroatoms. The van der Waals surface area contributed by atoms with Crippen molar-refractivity contribution in [1.82, 2.24) is 9.13 Å². The van der Waals surface area contributed by atoms with Crippen molar-refractivity contribution in [3.63, 3.8) is 0 Å². The minimum Gasteiger partial charge on any atom is -0.309 e. The Morgan fingerprint density at radius 3 is 1.58 bits per heavy atom. The molecule has 0 fully saturated rings. The predicted molar refractivity (Wildman–Crippen MR) is 254 cm³/mol. The average molecular weight is 777 g/mol. The van der Waals surface area contributed by atoms with Crippen LogP contribution < -0.4 is 20.7 Å². The Morgan fingerprint density at radius 2 is 0.898 bits per heavy atom. The topological polar surface area (TPSA) is 9.86 Å². The van der Waals surface area contributed by atoms with Crippen molar-refractivity contribution in [1.29, 1.82) is 0 Å². The van der Waals surface area contributed by atoms with E-state index in [1.54, 1.807) is 0 Å². The van der Waals surface area contributed by atoms with Crippen molar-refractivity contribution in [2.75, 3.05) is 0 Å². The maximum absolute atomic E-state index is 2.97. The number of benzene rings is 8. The van der Waals surface area contributed by atoms with Crippen LogP contribution in [0, 0.1) is 0 Å². The molecule has 2 heterocycles. The Hall–Kier alpha value is -6.42. The van der Waals surface area contributed by atoms with Crippen LogP contribution in [-0.2, 0) is 10.8 Å². The van der Waals surface area contributed by atoms with Gasteiger partial charge < -0.3 is 9.13 Å². The van der Waals surface area contributed by atoms with E-state index in [1.165, 1.54) is 99.7 Å². The third kappa shape index (κ3) is 5.31. The fourth-order valence-electron chi connectivity index (χ4n) is 10.7. The van der Waals surface area contributed by atoms with Crippen molar-refractivity contribution in [3.05, 3.63) is 205 Å². The molecule has 8 aromatic carbocycles. The van der Waals surface area contributed by atoms with E-state index in [2.05, 4.69) is 231 Å². The summed E-state index contributed by atoms with van der Waals surface area (Å²) in [6.45, 7) is 9.79. The number of para-hydroxylation sites is 3. The van der Waals surface area contributed by atoms with E-state index < -0.39 is 8.07 Å². The molecule has 10 aromatic rings. The standard InChI is InChI=1S/C56H48N2Si/c1-55(2)35-36-56(3,4)48-38-43(32-33-47(48)55)59(41-21-10-6-11-22-41,42-23-12-7-13-24-42)53-30-18-29-52-54(53)45-26-15-17-28-50(45)58(52)40-31-34-51-46(37-40)44-25-14-16-27-49(44)57(51)39-19-8-5-9-20-39/h5-34,37-38H,35-36H2,1-4H3. The fourth-order valence-corrected chi connectivity index (χ4v) is 15.7. The number of aromatic nitrogens is 2. The molecule has 2 aromatic heterocycles. The zero-order valence-corrected chi connectivity index (χ0v) is 35.3. The maximum atomic E-state index is 2.65. The monoisotopic (exact) mass is 776 g/mol. The lowest BCUT2D eigenvalue weighted by Crippen LogP contribution is -2.75. The van der Waals surface area contributed by atoms with Gasteiger partial charge in [-0.1, -0.05) is 173 Å². The van der Waals surface area contributed by atoms with Crippen LogP contribution in [0.15, 0.2) is 194 Å². The first-order chi connectivity index (χ1) is 28.8. The van der Waals surface area contributed by atoms with Crippen LogP contribution in [0.1, 0.15) is 51.7 Å². The zero-order chi connectivity index (χ0) is 39.9. The van der Waals surface area contributed by atoms with Gasteiger partial charge in [0.15, 0.2) is 8.07 Å². The van der Waals surface area contributed by atoms with Crippen LogP contribution in [0.4, 0.5) is 0 Å². The SMILES string of the molecule is CC1(C)CCC(C)(C)c2cc([Si](c3ccccc3)(c3ccccc3)c3cccc4c3c3ccccc3n4-c3ccc4c(c3)c3ccccc3n4-c3ccccc3)ccc21. The molecule has 59 heavy (non-hydrogen) atoms. The van der Waals surface area contributed by atoms with Gasteiger partial charge in [0, 0.05) is 32.9 Å². The molecular formula is C56H48N2Si. The number of nitrogens with zero attached hydrogens (tertiary/aromatic N) is 2. The zero-order valence-electron chi connectivity index (χ0n) is 34.3. The number of hydrogen-bond acceptors (Lipinski definition) is 0. The van der Waals surface area contributed by atoms with E-state index >= 15 is 0 Å². The van der Waals surface area contributed by atoms with Gasteiger partial charge in [-0.3, -0.25) is 0 Å². The number of rotatable bonds is 6. The van der Waals surface area contributed by atoms with Gasteiger partial charge >= 0.3 is 0 Å². The van der Waals surface area contributed by atoms with Crippen molar-refractivity contribution >= 4 is 72.4 Å². The van der Waals surface area contributed by atoms with Gasteiger partial charge in [-0.15, -0.1) is 0 Å². The summed E-state index contributed by atoms with van der Waals surface area (Å²) in [5.41, 5.74) is 10.4. The van der Waals surface area contributed by atoms with E-state index in [0.29, 0.717) is 0 Å². The highest BCUT2D eigenvalue weighted by Gasteiger charge is 2.45. The van der Waals surface area contributed by atoms with Gasteiger partial charge in [0.25, 0.3) is 0 Å². The second-order valence-corrected chi connectivity index (χ2v) is 21.7. The van der Waals surface area contributed by atoms with E-state index in [-0.39, 0.29) is 10.8 Å². The minimum absolute atomic E-state index is 0.0820. The molecule has 0 aliphatic heterocycles. The van der Waals surface area contributed by atoms with Gasteiger partial charge in [0.1, 0.15) is 0 Å². The highest BCUT2D eigenvalue weighted by atomic mass is 28.3. The van der Waals surface area contributed by atoms with Gasteiger partial charge in [0.05, 0.1) is 22.1 Å². The number of hydrogen-bond donors (Lipinski definition) is 0. The minimum atomic E-state index is -2.97. The normalized spacial score (nSPS) is 14.9. The third-order valence-corrected chi connectivity index (χ3v) is 18.5. The summed E-state index contributed by atoms with van der Waals surface area (Å²) in [5, 5.41) is 10.8. The van der Waals surface area contributed by atoms with E-state index in [4.69, 9.17) is 0 Å². The number of fused-ring (bicyclic) bond motifs is 7. The smallest absolute Gasteiger partial charge is 0.180 e. The molecule has 0 amide bonds. The van der Waals surface area contributed by atoms with Crippen LogP contribution in [0.2, 0.25) is 0 Å². The molecule has 0 saturated heterocycles. The van der Waals surface area contributed by atoms with Crippen molar-refractivity contribution in [2.45, 2.75) is 51.4 Å². The molecule has 0 spiro atoms. The lowest BCUT2D eigenvalue weighted by molar-refractivity contribution is 0.332. The first kappa shape index (κ1) is 35.7. The lowest BCUT2D eigenvalue weighted by atomic mass is 9.63. The second-order valence-electron chi connectivity index (χ2n) is 18.0. The third-order valence-electron chi connectivity index (χ3n) is 13.7. The van der Waals surface area contributed by atoms with E-state index in [0.717, 1.165) is 0 Å². The van der Waals surface area contributed by atoms with Crippen molar-refractivity contribution in [3.8, 4) is 11.4 Å². The molecule has 0 unspecified atom stereocenters.